The van der Waals surface area contributed by atoms with Crippen LogP contribution in [-0.4, -0.2) is 23.8 Å². The van der Waals surface area contributed by atoms with Crippen molar-refractivity contribution in [2.24, 2.45) is 0 Å². The lowest BCUT2D eigenvalue weighted by Gasteiger charge is -2.07. The van der Waals surface area contributed by atoms with Gasteiger partial charge in [-0.25, -0.2) is 0 Å². The first-order chi connectivity index (χ1) is 13.0. The highest BCUT2D eigenvalue weighted by Gasteiger charge is 2.13. The Morgan fingerprint density at radius 1 is 1.15 bits per heavy atom. The van der Waals surface area contributed by atoms with Crippen molar-refractivity contribution >= 4 is 28.5 Å². The number of nitro benzene ring substituents is 1. The summed E-state index contributed by atoms with van der Waals surface area (Å²) in [6.45, 7) is 0. The second-order valence-corrected chi connectivity index (χ2v) is 5.61. The first-order valence-electron chi connectivity index (χ1n) is 7.85. The van der Waals surface area contributed by atoms with Gasteiger partial charge in [0.2, 0.25) is 5.91 Å². The third-order valence-corrected chi connectivity index (χ3v) is 3.87. The van der Waals surface area contributed by atoms with Gasteiger partial charge in [0, 0.05) is 34.7 Å². The van der Waals surface area contributed by atoms with Crippen LogP contribution in [0.4, 0.5) is 5.69 Å². The van der Waals surface area contributed by atoms with Crippen LogP contribution in [0.2, 0.25) is 0 Å². The fraction of sp³-hybridized carbons (Fsp3) is 0.111. The second kappa shape index (κ2) is 7.56. The lowest BCUT2D eigenvalue weighted by atomic mass is 10.1. The van der Waals surface area contributed by atoms with Crippen LogP contribution < -0.4 is 15.6 Å². The van der Waals surface area contributed by atoms with E-state index < -0.39 is 16.7 Å². The smallest absolute Gasteiger partial charge is 0.269 e. The Hall–Kier alpha value is -3.88. The molecule has 2 N–H and O–H groups in total. The van der Waals surface area contributed by atoms with Crippen LogP contribution in [0, 0.1) is 10.1 Å². The molecule has 0 unspecified atom stereocenters. The van der Waals surface area contributed by atoms with Crippen LogP contribution in [0.25, 0.3) is 11.0 Å². The topological polar surface area (TPSA) is 124 Å². The first-order valence-corrected chi connectivity index (χ1v) is 7.85. The maximum atomic E-state index is 12.1. The number of amides is 2. The summed E-state index contributed by atoms with van der Waals surface area (Å²) >= 11 is 0. The van der Waals surface area contributed by atoms with Gasteiger partial charge in [-0.15, -0.1) is 0 Å². The van der Waals surface area contributed by atoms with E-state index in [2.05, 4.69) is 10.9 Å². The van der Waals surface area contributed by atoms with E-state index in [0.29, 0.717) is 16.9 Å². The molecule has 0 bridgehead atoms. The molecule has 2 amide bonds. The summed E-state index contributed by atoms with van der Waals surface area (Å²) < 4.78 is 10.5. The van der Waals surface area contributed by atoms with Crippen molar-refractivity contribution in [2.45, 2.75) is 6.42 Å². The van der Waals surface area contributed by atoms with Gasteiger partial charge in [-0.1, -0.05) is 0 Å². The number of rotatable bonds is 5. The monoisotopic (exact) mass is 369 g/mol. The van der Waals surface area contributed by atoms with Gasteiger partial charge >= 0.3 is 0 Å². The number of non-ortho nitro benzene ring substituents is 1. The summed E-state index contributed by atoms with van der Waals surface area (Å²) in [6, 6.07) is 10.3. The van der Waals surface area contributed by atoms with E-state index in [9.17, 15) is 19.7 Å². The number of carbonyl (C=O) groups is 2. The summed E-state index contributed by atoms with van der Waals surface area (Å²) in [5.41, 5.74) is 5.88. The molecule has 138 valence electrons. The highest BCUT2D eigenvalue weighted by molar-refractivity contribution is 5.96. The third kappa shape index (κ3) is 4.03. The van der Waals surface area contributed by atoms with Gasteiger partial charge in [-0.3, -0.25) is 30.6 Å². The number of nitro groups is 1. The number of methoxy groups -OCH3 is 1. The minimum Gasteiger partial charge on any atom is -0.497 e. The zero-order valence-electron chi connectivity index (χ0n) is 14.2. The molecule has 0 atom stereocenters. The van der Waals surface area contributed by atoms with Gasteiger partial charge in [0.05, 0.1) is 24.7 Å². The summed E-state index contributed by atoms with van der Waals surface area (Å²) in [5.74, 6) is -0.382. The minimum absolute atomic E-state index is 0.000129. The van der Waals surface area contributed by atoms with Crippen LogP contribution >= 0.6 is 0 Å². The summed E-state index contributed by atoms with van der Waals surface area (Å²) in [6.07, 6.45) is 1.47. The van der Waals surface area contributed by atoms with Gasteiger partial charge in [0.25, 0.3) is 11.6 Å². The normalized spacial score (nSPS) is 10.4. The molecular weight excluding hydrogens is 354 g/mol. The minimum atomic E-state index is -0.583. The van der Waals surface area contributed by atoms with Crippen molar-refractivity contribution < 1.29 is 23.7 Å². The van der Waals surface area contributed by atoms with Gasteiger partial charge in [-0.2, -0.15) is 0 Å². The molecule has 9 nitrogen and oxygen atoms in total. The second-order valence-electron chi connectivity index (χ2n) is 5.61. The molecule has 9 heteroatoms. The fourth-order valence-electron chi connectivity index (χ4n) is 2.48. The molecule has 3 aromatic rings. The molecule has 0 aliphatic heterocycles. The Bertz CT molecular complexity index is 1010. The lowest BCUT2D eigenvalue weighted by Crippen LogP contribution is -2.42. The van der Waals surface area contributed by atoms with E-state index in [0.717, 1.165) is 5.39 Å². The Kier molecular flexibility index (Phi) is 5.02. The molecule has 3 rings (SSSR count). The van der Waals surface area contributed by atoms with Crippen molar-refractivity contribution in [2.75, 3.05) is 7.11 Å². The van der Waals surface area contributed by atoms with Crippen LogP contribution in [0.1, 0.15) is 15.9 Å². The van der Waals surface area contributed by atoms with Crippen LogP contribution in [0.3, 0.4) is 0 Å². The van der Waals surface area contributed by atoms with Crippen LogP contribution in [-0.2, 0) is 11.2 Å². The molecule has 2 aromatic carbocycles. The van der Waals surface area contributed by atoms with E-state index in [4.69, 9.17) is 9.15 Å². The zero-order valence-corrected chi connectivity index (χ0v) is 14.2. The fourth-order valence-corrected chi connectivity index (χ4v) is 2.48. The van der Waals surface area contributed by atoms with Gasteiger partial charge < -0.3 is 9.15 Å². The first kappa shape index (κ1) is 17.9. The number of hydrazine groups is 1. The summed E-state index contributed by atoms with van der Waals surface area (Å²) in [5, 5.41) is 11.4. The van der Waals surface area contributed by atoms with Gasteiger partial charge in [0.1, 0.15) is 11.3 Å². The van der Waals surface area contributed by atoms with Gasteiger partial charge in [-0.05, 0) is 24.3 Å². The van der Waals surface area contributed by atoms with Crippen molar-refractivity contribution in [1.82, 2.24) is 10.9 Å². The quantitative estimate of drug-likeness (QED) is 0.525. The van der Waals surface area contributed by atoms with E-state index in [1.165, 1.54) is 30.5 Å². The van der Waals surface area contributed by atoms with Crippen molar-refractivity contribution in [3.05, 3.63) is 70.0 Å². The van der Waals surface area contributed by atoms with Crippen molar-refractivity contribution in [1.29, 1.82) is 0 Å². The molecule has 0 saturated carbocycles. The maximum Gasteiger partial charge on any atom is 0.269 e. The number of fused-ring (bicyclic) bond motifs is 1. The van der Waals surface area contributed by atoms with E-state index in [1.807, 2.05) is 0 Å². The predicted octanol–water partition coefficient (Wildman–Crippen LogP) is 2.35. The molecule has 0 fully saturated rings. The lowest BCUT2D eigenvalue weighted by molar-refractivity contribution is -0.384. The Labute approximate surface area is 153 Å². The number of carbonyl (C=O) groups excluding carboxylic acids is 2. The van der Waals surface area contributed by atoms with E-state index in [-0.39, 0.29) is 17.7 Å². The Balaban J connectivity index is 1.59. The number of hydrogen-bond acceptors (Lipinski definition) is 6. The maximum absolute atomic E-state index is 12.1. The number of furan rings is 1. The molecule has 27 heavy (non-hydrogen) atoms. The summed E-state index contributed by atoms with van der Waals surface area (Å²) in [7, 11) is 1.55. The third-order valence-electron chi connectivity index (χ3n) is 3.87. The molecule has 0 aliphatic carbocycles. The van der Waals surface area contributed by atoms with Crippen molar-refractivity contribution in [3.63, 3.8) is 0 Å². The molecule has 0 saturated heterocycles. The Morgan fingerprint density at radius 2 is 1.89 bits per heavy atom. The average Bonchev–Trinajstić information content (AvgIpc) is 3.08. The molecule has 0 radical (unpaired) electrons. The highest BCUT2D eigenvalue weighted by atomic mass is 16.6. The summed E-state index contributed by atoms with van der Waals surface area (Å²) in [4.78, 5) is 34.1. The number of hydrogen-bond donors (Lipinski definition) is 2. The number of nitrogens with zero attached hydrogens (tertiary/aromatic N) is 1. The zero-order chi connectivity index (χ0) is 19.4. The number of benzene rings is 2. The van der Waals surface area contributed by atoms with E-state index in [1.54, 1.807) is 25.3 Å². The van der Waals surface area contributed by atoms with Gasteiger partial charge in [0.15, 0.2) is 0 Å². The molecular formula is C18H15N3O6. The SMILES string of the molecule is COc1ccc2c(CC(=O)NNC(=O)c3ccc([N+](=O)[O-])cc3)coc2c1. The highest BCUT2D eigenvalue weighted by Crippen LogP contribution is 2.25. The predicted molar refractivity (Wildman–Crippen MR) is 95.2 cm³/mol. The standard InChI is InChI=1S/C18H15N3O6/c1-26-14-6-7-15-12(10-27-16(15)9-14)8-17(22)19-20-18(23)11-2-4-13(5-3-11)21(24)25/h2-7,9-10H,8H2,1H3,(H,19,22)(H,20,23). The van der Waals surface area contributed by atoms with Crippen molar-refractivity contribution in [3.8, 4) is 5.75 Å². The molecule has 0 aliphatic rings. The number of ether oxygens (including phenoxy) is 1. The van der Waals surface area contributed by atoms with E-state index >= 15 is 0 Å². The molecule has 1 heterocycles. The van der Waals surface area contributed by atoms with Crippen LogP contribution in [0.15, 0.2) is 53.1 Å². The Morgan fingerprint density at radius 3 is 2.56 bits per heavy atom. The average molecular weight is 369 g/mol. The van der Waals surface area contributed by atoms with Crippen LogP contribution in [0.5, 0.6) is 5.75 Å². The number of nitrogens with one attached hydrogen (secondary N) is 2. The molecule has 0 spiro atoms. The largest absolute Gasteiger partial charge is 0.497 e. The molecule has 1 aromatic heterocycles.